The summed E-state index contributed by atoms with van der Waals surface area (Å²) in [4.78, 5) is 13.8. The number of piperidine rings is 1. The molecule has 2 atom stereocenters. The van der Waals surface area contributed by atoms with Crippen molar-refractivity contribution in [1.82, 2.24) is 4.90 Å². The van der Waals surface area contributed by atoms with Gasteiger partial charge in [-0.05, 0) is 40.0 Å². The van der Waals surface area contributed by atoms with Gasteiger partial charge in [-0.25, -0.2) is 0 Å². The Labute approximate surface area is 87.7 Å². The number of fused-ring (bicyclic) bond motifs is 2. The van der Waals surface area contributed by atoms with Gasteiger partial charge >= 0.3 is 0 Å². The van der Waals surface area contributed by atoms with Gasteiger partial charge in [-0.15, -0.1) is 0 Å². The van der Waals surface area contributed by atoms with Gasteiger partial charge in [0.2, 0.25) is 5.91 Å². The fraction of sp³-hybridized carbons (Fsp3) is 0.917. The third kappa shape index (κ3) is 1.79. The molecule has 2 nitrogen and oxygen atoms in total. The van der Waals surface area contributed by atoms with Crippen molar-refractivity contribution in [3.05, 3.63) is 0 Å². The summed E-state index contributed by atoms with van der Waals surface area (Å²) in [6.07, 6.45) is 3.49. The molecule has 1 aliphatic carbocycles. The molecule has 2 fully saturated rings. The fourth-order valence-electron chi connectivity index (χ4n) is 2.67. The summed E-state index contributed by atoms with van der Waals surface area (Å²) < 4.78 is 0. The van der Waals surface area contributed by atoms with Gasteiger partial charge in [0.25, 0.3) is 0 Å². The molecular weight excluding hydrogens is 174 g/mol. The van der Waals surface area contributed by atoms with Gasteiger partial charge in [0.15, 0.2) is 0 Å². The first-order chi connectivity index (χ1) is 6.50. The molecule has 2 rings (SSSR count). The molecule has 2 heteroatoms. The number of rotatable bonds is 0. The van der Waals surface area contributed by atoms with E-state index in [0.29, 0.717) is 17.9 Å². The number of carbonyl (C=O) groups excluding carboxylic acids is 1. The van der Waals surface area contributed by atoms with Crippen LogP contribution in [0.2, 0.25) is 0 Å². The topological polar surface area (TPSA) is 20.3 Å². The average molecular weight is 197 g/mol. The first-order valence-corrected chi connectivity index (χ1v) is 5.83. The third-order valence-electron chi connectivity index (χ3n) is 3.08. The number of hydrogen-bond acceptors (Lipinski definition) is 1. The van der Waals surface area contributed by atoms with Crippen LogP contribution in [0.4, 0.5) is 0 Å². The van der Waals surface area contributed by atoms with Crippen LogP contribution in [0.5, 0.6) is 0 Å². The predicted molar refractivity (Wildman–Crippen MR) is 59.1 cm³/mol. The summed E-state index contributed by atoms with van der Waals surface area (Å²) in [6, 6.07) is 0.558. The van der Waals surface area contributed by atoms with E-state index in [0.717, 1.165) is 12.8 Å². The molecule has 0 aromatic heterocycles. The molecule has 0 N–H and O–H groups in total. The summed E-state index contributed by atoms with van der Waals surface area (Å²) in [7, 11) is 0. The Morgan fingerprint density at radius 3 is 2.07 bits per heavy atom. The smallest absolute Gasteiger partial charge is 0.226 e. The molecule has 1 saturated heterocycles. The van der Waals surface area contributed by atoms with E-state index in [9.17, 15) is 4.79 Å². The minimum atomic E-state index is 0.0386. The molecule has 1 amide bonds. The monoisotopic (exact) mass is 197 g/mol. The molecule has 82 valence electrons. The molecule has 0 aromatic carbocycles. The highest BCUT2D eigenvalue weighted by Crippen LogP contribution is 2.41. The van der Waals surface area contributed by atoms with Crippen LogP contribution in [0.25, 0.3) is 0 Å². The van der Waals surface area contributed by atoms with Crippen LogP contribution in [0.1, 0.15) is 53.9 Å². The lowest BCUT2D eigenvalue weighted by molar-refractivity contribution is -0.139. The van der Waals surface area contributed by atoms with Crippen LogP contribution in [0, 0.1) is 5.92 Å². The van der Waals surface area contributed by atoms with Crippen LogP contribution in [-0.2, 0) is 4.79 Å². The summed E-state index contributed by atoms with van der Waals surface area (Å²) in [5, 5.41) is 0. The first kappa shape index (κ1) is 11.5. The molecule has 0 aromatic rings. The van der Waals surface area contributed by atoms with Crippen molar-refractivity contribution in [2.24, 2.45) is 5.92 Å². The standard InChI is InChI=1S/C10H17NO.C2H6/c1-10(2,3)11-8-5-4-7(6-8)9(11)12;1-2/h7-8H,4-6H2,1-3H3;1-2H3. The van der Waals surface area contributed by atoms with E-state index >= 15 is 0 Å². The zero-order chi connectivity index (χ0) is 10.9. The Morgan fingerprint density at radius 2 is 1.79 bits per heavy atom. The lowest BCUT2D eigenvalue weighted by Gasteiger charge is -2.38. The zero-order valence-electron chi connectivity index (χ0n) is 10.1. The molecule has 1 heterocycles. The van der Waals surface area contributed by atoms with Crippen LogP contribution in [-0.4, -0.2) is 22.4 Å². The van der Waals surface area contributed by atoms with Gasteiger partial charge in [-0.3, -0.25) is 4.79 Å². The van der Waals surface area contributed by atoms with E-state index in [1.165, 1.54) is 6.42 Å². The number of amides is 1. The van der Waals surface area contributed by atoms with Gasteiger partial charge in [-0.2, -0.15) is 0 Å². The maximum atomic E-state index is 11.7. The molecule has 2 bridgehead atoms. The second-order valence-corrected chi connectivity index (χ2v) is 5.04. The third-order valence-corrected chi connectivity index (χ3v) is 3.08. The van der Waals surface area contributed by atoms with Crippen LogP contribution >= 0.6 is 0 Å². The van der Waals surface area contributed by atoms with E-state index in [1.54, 1.807) is 0 Å². The van der Waals surface area contributed by atoms with Gasteiger partial charge in [0, 0.05) is 17.5 Å². The molecule has 1 aliphatic heterocycles. The van der Waals surface area contributed by atoms with Crippen molar-refractivity contribution in [2.75, 3.05) is 0 Å². The van der Waals surface area contributed by atoms with E-state index in [1.807, 2.05) is 13.8 Å². The Hall–Kier alpha value is -0.530. The van der Waals surface area contributed by atoms with Gasteiger partial charge < -0.3 is 4.90 Å². The van der Waals surface area contributed by atoms with E-state index < -0.39 is 0 Å². The summed E-state index contributed by atoms with van der Waals surface area (Å²) in [5.41, 5.74) is 0.0386. The van der Waals surface area contributed by atoms with E-state index in [2.05, 4.69) is 25.7 Å². The summed E-state index contributed by atoms with van der Waals surface area (Å²) in [5.74, 6) is 0.771. The number of nitrogens with zero attached hydrogens (tertiary/aromatic N) is 1. The maximum Gasteiger partial charge on any atom is 0.226 e. The van der Waals surface area contributed by atoms with Crippen LogP contribution < -0.4 is 0 Å². The second-order valence-electron chi connectivity index (χ2n) is 5.04. The summed E-state index contributed by atoms with van der Waals surface area (Å²) in [6.45, 7) is 10.4. The van der Waals surface area contributed by atoms with Crippen molar-refractivity contribution < 1.29 is 4.79 Å². The van der Waals surface area contributed by atoms with Crippen molar-refractivity contribution in [1.29, 1.82) is 0 Å². The van der Waals surface area contributed by atoms with E-state index in [4.69, 9.17) is 0 Å². The normalized spacial score (nSPS) is 30.4. The molecule has 2 unspecified atom stereocenters. The minimum Gasteiger partial charge on any atom is -0.335 e. The molecular formula is C12H23NO. The van der Waals surface area contributed by atoms with Crippen molar-refractivity contribution in [3.63, 3.8) is 0 Å². The van der Waals surface area contributed by atoms with Crippen LogP contribution in [0.3, 0.4) is 0 Å². The Balaban J connectivity index is 0.000000461. The molecule has 0 radical (unpaired) electrons. The Morgan fingerprint density at radius 1 is 1.21 bits per heavy atom. The van der Waals surface area contributed by atoms with E-state index in [-0.39, 0.29) is 5.54 Å². The average Bonchev–Trinajstić information content (AvgIpc) is 2.65. The largest absolute Gasteiger partial charge is 0.335 e. The lowest BCUT2D eigenvalue weighted by Crippen LogP contribution is -2.49. The van der Waals surface area contributed by atoms with Crippen molar-refractivity contribution in [3.8, 4) is 0 Å². The molecule has 0 spiro atoms. The highest BCUT2D eigenvalue weighted by Gasteiger charge is 2.48. The highest BCUT2D eigenvalue weighted by molar-refractivity contribution is 5.83. The number of likely N-dealkylation sites (tertiary alicyclic amines) is 1. The maximum absolute atomic E-state index is 11.7. The minimum absolute atomic E-state index is 0.0386. The van der Waals surface area contributed by atoms with Gasteiger partial charge in [-0.1, -0.05) is 13.8 Å². The SMILES string of the molecule is CC.CC(C)(C)N1C(=O)C2CCC1C2. The van der Waals surface area contributed by atoms with Crippen molar-refractivity contribution in [2.45, 2.75) is 65.5 Å². The lowest BCUT2D eigenvalue weighted by atomic mass is 10.0. The second kappa shape index (κ2) is 3.92. The quantitative estimate of drug-likeness (QED) is 0.585. The zero-order valence-corrected chi connectivity index (χ0v) is 10.1. The van der Waals surface area contributed by atoms with Gasteiger partial charge in [0.1, 0.15) is 0 Å². The Kier molecular flexibility index (Phi) is 3.23. The Bertz CT molecular complexity index is 217. The highest BCUT2D eigenvalue weighted by atomic mass is 16.2. The van der Waals surface area contributed by atoms with Gasteiger partial charge in [0.05, 0.1) is 0 Å². The number of carbonyl (C=O) groups is 1. The number of hydrogen-bond donors (Lipinski definition) is 0. The summed E-state index contributed by atoms with van der Waals surface area (Å²) >= 11 is 0. The molecule has 2 aliphatic rings. The first-order valence-electron chi connectivity index (χ1n) is 5.83. The van der Waals surface area contributed by atoms with Crippen LogP contribution in [0.15, 0.2) is 0 Å². The fourth-order valence-corrected chi connectivity index (χ4v) is 2.67. The molecule has 1 saturated carbocycles. The molecule has 14 heavy (non-hydrogen) atoms. The van der Waals surface area contributed by atoms with Crippen molar-refractivity contribution >= 4 is 5.91 Å². The predicted octanol–water partition coefficient (Wildman–Crippen LogP) is 2.82.